The summed E-state index contributed by atoms with van der Waals surface area (Å²) in [5.74, 6) is -0.134. The van der Waals surface area contributed by atoms with Gasteiger partial charge in [0.1, 0.15) is 5.82 Å². The van der Waals surface area contributed by atoms with Crippen LogP contribution in [0.15, 0.2) is 36.4 Å². The Hall–Kier alpha value is -2.02. The maximum Gasteiger partial charge on any atom is 0.165 e. The molecule has 0 amide bonds. The third-order valence-electron chi connectivity index (χ3n) is 6.31. The Morgan fingerprint density at radius 2 is 1.84 bits per heavy atom. The van der Waals surface area contributed by atoms with Crippen molar-refractivity contribution in [3.63, 3.8) is 0 Å². The topological polar surface area (TPSA) is 42.7 Å². The van der Waals surface area contributed by atoms with E-state index in [0.29, 0.717) is 28.5 Å². The van der Waals surface area contributed by atoms with E-state index in [1.165, 1.54) is 12.1 Å². The zero-order chi connectivity index (χ0) is 21.7. The van der Waals surface area contributed by atoms with Crippen LogP contribution in [0.3, 0.4) is 0 Å². The van der Waals surface area contributed by atoms with E-state index >= 15 is 0 Å². The molecule has 1 aromatic heterocycles. The van der Waals surface area contributed by atoms with Gasteiger partial charge in [-0.25, -0.2) is 8.78 Å². The predicted octanol–water partition coefficient (Wildman–Crippen LogP) is 6.11. The van der Waals surface area contributed by atoms with Gasteiger partial charge in [-0.05, 0) is 61.9 Å². The molecule has 2 heterocycles. The van der Waals surface area contributed by atoms with Gasteiger partial charge in [-0.3, -0.25) is 0 Å². The van der Waals surface area contributed by atoms with E-state index in [1.54, 1.807) is 12.1 Å². The number of hydrogen-bond donors (Lipinski definition) is 1. The summed E-state index contributed by atoms with van der Waals surface area (Å²) in [6, 6.07) is 10.3. The Balaban J connectivity index is 1.60. The van der Waals surface area contributed by atoms with E-state index in [9.17, 15) is 8.78 Å². The zero-order valence-electron chi connectivity index (χ0n) is 17.0. The lowest BCUT2D eigenvalue weighted by atomic mass is 9.78. The molecule has 8 heteroatoms. The highest BCUT2D eigenvalue weighted by Crippen LogP contribution is 2.46. The average Bonchev–Trinajstić information content (AvgIpc) is 3.51. The highest BCUT2D eigenvalue weighted by molar-refractivity contribution is 6.43. The largest absolute Gasteiger partial charge is 0.313 e. The molecule has 4 nitrogen and oxygen atoms in total. The van der Waals surface area contributed by atoms with Crippen molar-refractivity contribution in [2.75, 3.05) is 6.54 Å². The van der Waals surface area contributed by atoms with Crippen molar-refractivity contribution in [3.05, 3.63) is 69.5 Å². The zero-order valence-corrected chi connectivity index (χ0v) is 18.5. The number of halogens is 4. The molecule has 2 aliphatic rings. The van der Waals surface area contributed by atoms with Crippen LogP contribution in [0.1, 0.15) is 55.5 Å². The van der Waals surface area contributed by atoms with E-state index < -0.39 is 11.6 Å². The number of hydrogen-bond acceptors (Lipinski definition) is 3. The standard InChI is InChI=1S/C23H22Cl2F2N4/c1-12-9-16(13-5-8-19(26)20(27)10-13)17(11-28-12)23-30-29-22(31(23)14-6-7-14)15-3-2-4-18(24)21(15)25/h2-5,8,10,12,14,16-17,28H,6-7,9,11H2,1H3. The van der Waals surface area contributed by atoms with E-state index in [1.807, 2.05) is 12.1 Å². The molecule has 31 heavy (non-hydrogen) atoms. The third-order valence-corrected chi connectivity index (χ3v) is 7.13. The predicted molar refractivity (Wildman–Crippen MR) is 118 cm³/mol. The first-order valence-electron chi connectivity index (χ1n) is 10.5. The van der Waals surface area contributed by atoms with Crippen LogP contribution in [0.4, 0.5) is 8.78 Å². The van der Waals surface area contributed by atoms with Gasteiger partial charge in [-0.2, -0.15) is 0 Å². The number of nitrogens with zero attached hydrogens (tertiary/aromatic N) is 3. The summed E-state index contributed by atoms with van der Waals surface area (Å²) >= 11 is 12.7. The monoisotopic (exact) mass is 462 g/mol. The first-order chi connectivity index (χ1) is 14.9. The molecule has 1 saturated carbocycles. The minimum Gasteiger partial charge on any atom is -0.313 e. The molecule has 3 unspecified atom stereocenters. The van der Waals surface area contributed by atoms with Crippen LogP contribution in [0.25, 0.3) is 11.4 Å². The minimum atomic E-state index is -0.832. The van der Waals surface area contributed by atoms with Crippen molar-refractivity contribution in [1.82, 2.24) is 20.1 Å². The molecule has 5 rings (SSSR count). The SMILES string of the molecule is CC1CC(c2ccc(F)c(F)c2)C(c2nnc(-c3cccc(Cl)c3Cl)n2C2CC2)CN1. The van der Waals surface area contributed by atoms with Crippen LogP contribution >= 0.6 is 23.2 Å². The van der Waals surface area contributed by atoms with Crippen LogP contribution in [-0.4, -0.2) is 27.4 Å². The van der Waals surface area contributed by atoms with E-state index in [-0.39, 0.29) is 17.9 Å². The highest BCUT2D eigenvalue weighted by Gasteiger charge is 2.39. The smallest absolute Gasteiger partial charge is 0.165 e. The maximum absolute atomic E-state index is 14.0. The van der Waals surface area contributed by atoms with Gasteiger partial charge in [-0.15, -0.1) is 10.2 Å². The summed E-state index contributed by atoms with van der Waals surface area (Å²) in [6.45, 7) is 2.78. The number of benzene rings is 2. The van der Waals surface area contributed by atoms with Gasteiger partial charge in [0.15, 0.2) is 17.5 Å². The average molecular weight is 463 g/mol. The van der Waals surface area contributed by atoms with E-state index in [0.717, 1.165) is 36.2 Å². The highest BCUT2D eigenvalue weighted by atomic mass is 35.5. The van der Waals surface area contributed by atoms with Gasteiger partial charge in [0.05, 0.1) is 10.0 Å². The second-order valence-electron chi connectivity index (χ2n) is 8.52. The van der Waals surface area contributed by atoms with Gasteiger partial charge in [0.2, 0.25) is 0 Å². The molecule has 2 aromatic carbocycles. The fraction of sp³-hybridized carbons (Fsp3) is 0.391. The Morgan fingerprint density at radius 3 is 2.58 bits per heavy atom. The summed E-state index contributed by atoms with van der Waals surface area (Å²) < 4.78 is 29.8. The third kappa shape index (κ3) is 3.86. The molecular formula is C23H22Cl2F2N4. The second-order valence-corrected chi connectivity index (χ2v) is 9.30. The number of nitrogens with one attached hydrogen (secondary N) is 1. The molecule has 1 N–H and O–H groups in total. The van der Waals surface area contributed by atoms with Gasteiger partial charge < -0.3 is 9.88 Å². The lowest BCUT2D eigenvalue weighted by Gasteiger charge is -2.36. The van der Waals surface area contributed by atoms with Crippen molar-refractivity contribution in [3.8, 4) is 11.4 Å². The molecule has 1 saturated heterocycles. The molecule has 3 atom stereocenters. The molecule has 0 spiro atoms. The Labute approximate surface area is 189 Å². The number of rotatable bonds is 4. The summed E-state index contributed by atoms with van der Waals surface area (Å²) in [4.78, 5) is 0. The number of aromatic nitrogens is 3. The van der Waals surface area contributed by atoms with Gasteiger partial charge in [-0.1, -0.05) is 35.3 Å². The Bertz CT molecular complexity index is 1130. The van der Waals surface area contributed by atoms with Crippen molar-refractivity contribution in [2.24, 2.45) is 0 Å². The lowest BCUT2D eigenvalue weighted by Crippen LogP contribution is -2.41. The molecular weight excluding hydrogens is 441 g/mol. The van der Waals surface area contributed by atoms with Crippen LogP contribution in [0.2, 0.25) is 10.0 Å². The molecule has 162 valence electrons. The molecule has 3 aromatic rings. The van der Waals surface area contributed by atoms with Crippen molar-refractivity contribution < 1.29 is 8.78 Å². The van der Waals surface area contributed by atoms with Gasteiger partial charge in [0, 0.05) is 30.1 Å². The maximum atomic E-state index is 14.0. The van der Waals surface area contributed by atoms with E-state index in [4.69, 9.17) is 23.2 Å². The summed E-state index contributed by atoms with van der Waals surface area (Å²) in [5, 5.41) is 13.5. The summed E-state index contributed by atoms with van der Waals surface area (Å²) in [6.07, 6.45) is 2.88. The first-order valence-corrected chi connectivity index (χ1v) is 11.3. The van der Waals surface area contributed by atoms with Crippen molar-refractivity contribution >= 4 is 23.2 Å². The van der Waals surface area contributed by atoms with Crippen LogP contribution in [0.5, 0.6) is 0 Å². The summed E-state index contributed by atoms with van der Waals surface area (Å²) in [7, 11) is 0. The number of piperidine rings is 1. The molecule has 2 fully saturated rings. The van der Waals surface area contributed by atoms with Crippen LogP contribution in [0, 0.1) is 11.6 Å². The minimum absolute atomic E-state index is 0.00395. The fourth-order valence-corrected chi connectivity index (χ4v) is 4.98. The molecule has 1 aliphatic heterocycles. The van der Waals surface area contributed by atoms with Gasteiger partial charge in [0.25, 0.3) is 0 Å². The van der Waals surface area contributed by atoms with Crippen LogP contribution < -0.4 is 5.32 Å². The first kappa shape index (κ1) is 20.9. The van der Waals surface area contributed by atoms with Crippen molar-refractivity contribution in [2.45, 2.75) is 50.1 Å². The normalized spacial score (nSPS) is 23.8. The molecule has 0 bridgehead atoms. The fourth-order valence-electron chi connectivity index (χ4n) is 4.59. The lowest BCUT2D eigenvalue weighted by molar-refractivity contribution is 0.324. The second kappa shape index (κ2) is 8.15. The van der Waals surface area contributed by atoms with Crippen LogP contribution in [-0.2, 0) is 0 Å². The summed E-state index contributed by atoms with van der Waals surface area (Å²) in [5.41, 5.74) is 1.53. The quantitative estimate of drug-likeness (QED) is 0.508. The Kier molecular flexibility index (Phi) is 5.49. The van der Waals surface area contributed by atoms with E-state index in [2.05, 4.69) is 27.0 Å². The molecule has 0 radical (unpaired) electrons. The van der Waals surface area contributed by atoms with Crippen molar-refractivity contribution in [1.29, 1.82) is 0 Å². The van der Waals surface area contributed by atoms with Gasteiger partial charge >= 0.3 is 0 Å². The Morgan fingerprint density at radius 1 is 1.03 bits per heavy atom. The molecule has 1 aliphatic carbocycles.